The topological polar surface area (TPSA) is 46.1 Å². The molecule has 1 aliphatic heterocycles. The maximum Gasteiger partial charge on any atom is 0.228 e. The molecule has 1 unspecified atom stereocenters. The minimum absolute atomic E-state index is 0.0228. The van der Waals surface area contributed by atoms with Crippen LogP contribution in [0.5, 0.6) is 0 Å². The predicted molar refractivity (Wildman–Crippen MR) is 79.5 cm³/mol. The summed E-state index contributed by atoms with van der Waals surface area (Å²) < 4.78 is 0. The van der Waals surface area contributed by atoms with E-state index in [1.165, 1.54) is 0 Å². The lowest BCUT2D eigenvalue weighted by Gasteiger charge is -2.39. The van der Waals surface area contributed by atoms with E-state index >= 15 is 0 Å². The number of carbonyl (C=O) groups excluding carboxylic acids is 1. The third-order valence-electron chi connectivity index (χ3n) is 3.57. The number of hydrogen-bond acceptors (Lipinski definition) is 3. The van der Waals surface area contributed by atoms with E-state index in [2.05, 4.69) is 9.97 Å². The van der Waals surface area contributed by atoms with Crippen LogP contribution in [0.1, 0.15) is 57.6 Å². The van der Waals surface area contributed by atoms with Crippen molar-refractivity contribution in [1.29, 1.82) is 0 Å². The Labute approximate surface area is 125 Å². The Morgan fingerprint density at radius 1 is 1.35 bits per heavy atom. The van der Waals surface area contributed by atoms with Crippen LogP contribution in [0.25, 0.3) is 0 Å². The summed E-state index contributed by atoms with van der Waals surface area (Å²) in [6.45, 7) is 8.49. The van der Waals surface area contributed by atoms with Crippen molar-refractivity contribution in [2.75, 3.05) is 6.54 Å². The third kappa shape index (κ3) is 3.29. The molecule has 0 radical (unpaired) electrons. The smallest absolute Gasteiger partial charge is 0.228 e. The summed E-state index contributed by atoms with van der Waals surface area (Å²) in [5, 5.41) is 0.446. The predicted octanol–water partition coefficient (Wildman–Crippen LogP) is 3.54. The van der Waals surface area contributed by atoms with Crippen LogP contribution < -0.4 is 0 Å². The van der Waals surface area contributed by atoms with Crippen molar-refractivity contribution in [2.24, 2.45) is 5.41 Å². The molecule has 2 heterocycles. The SMILES string of the molecule is Cc1nc(Cl)cc(C2CCCCN2C(=O)C(C)(C)C)n1. The van der Waals surface area contributed by atoms with Gasteiger partial charge in [0.15, 0.2) is 0 Å². The molecule has 1 aliphatic rings. The van der Waals surface area contributed by atoms with Gasteiger partial charge in [0.05, 0.1) is 11.7 Å². The zero-order chi connectivity index (χ0) is 14.9. The van der Waals surface area contributed by atoms with Gasteiger partial charge in [0, 0.05) is 12.0 Å². The number of aromatic nitrogens is 2. The van der Waals surface area contributed by atoms with E-state index in [4.69, 9.17) is 11.6 Å². The molecule has 0 saturated carbocycles. The van der Waals surface area contributed by atoms with E-state index in [1.807, 2.05) is 32.6 Å². The molecule has 0 aromatic carbocycles. The lowest BCUT2D eigenvalue weighted by molar-refractivity contribution is -0.143. The fourth-order valence-corrected chi connectivity index (χ4v) is 2.87. The molecule has 5 heteroatoms. The molecule has 0 bridgehead atoms. The van der Waals surface area contributed by atoms with Gasteiger partial charge in [0.25, 0.3) is 0 Å². The average molecular weight is 296 g/mol. The minimum Gasteiger partial charge on any atom is -0.334 e. The molecule has 2 rings (SSSR count). The van der Waals surface area contributed by atoms with E-state index in [-0.39, 0.29) is 17.4 Å². The van der Waals surface area contributed by atoms with Gasteiger partial charge in [-0.25, -0.2) is 9.97 Å². The van der Waals surface area contributed by atoms with Crippen molar-refractivity contribution in [1.82, 2.24) is 14.9 Å². The summed E-state index contributed by atoms with van der Waals surface area (Å²) in [5.41, 5.74) is 0.487. The second-order valence-electron chi connectivity index (χ2n) is 6.42. The normalized spacial score (nSPS) is 20.1. The highest BCUT2D eigenvalue weighted by Gasteiger charge is 2.35. The number of nitrogens with zero attached hydrogens (tertiary/aromatic N) is 3. The van der Waals surface area contributed by atoms with Crippen molar-refractivity contribution < 1.29 is 4.79 Å². The molecular formula is C15H22ClN3O. The molecule has 0 spiro atoms. The molecule has 1 aromatic heterocycles. The molecule has 20 heavy (non-hydrogen) atoms. The second kappa shape index (κ2) is 5.68. The summed E-state index contributed by atoms with van der Waals surface area (Å²) >= 11 is 6.03. The largest absolute Gasteiger partial charge is 0.334 e. The molecule has 1 saturated heterocycles. The van der Waals surface area contributed by atoms with Gasteiger partial charge in [0.2, 0.25) is 5.91 Å². The van der Waals surface area contributed by atoms with E-state index < -0.39 is 0 Å². The fraction of sp³-hybridized carbons (Fsp3) is 0.667. The Morgan fingerprint density at radius 2 is 2.05 bits per heavy atom. The zero-order valence-corrected chi connectivity index (χ0v) is 13.4. The number of likely N-dealkylation sites (tertiary alicyclic amines) is 1. The number of rotatable bonds is 1. The van der Waals surface area contributed by atoms with E-state index in [9.17, 15) is 4.79 Å². The Hall–Kier alpha value is -1.16. The first-order valence-electron chi connectivity index (χ1n) is 7.11. The number of halogens is 1. The van der Waals surface area contributed by atoms with Crippen molar-refractivity contribution in [2.45, 2.75) is 53.0 Å². The van der Waals surface area contributed by atoms with Gasteiger partial charge < -0.3 is 4.90 Å². The van der Waals surface area contributed by atoms with Crippen LogP contribution in [-0.2, 0) is 4.79 Å². The van der Waals surface area contributed by atoms with Crippen molar-refractivity contribution >= 4 is 17.5 Å². The van der Waals surface area contributed by atoms with Crippen LogP contribution in [0, 0.1) is 12.3 Å². The van der Waals surface area contributed by atoms with Crippen LogP contribution >= 0.6 is 11.6 Å². The first-order chi connectivity index (χ1) is 9.29. The Balaban J connectivity index is 2.33. The van der Waals surface area contributed by atoms with Crippen LogP contribution in [-0.4, -0.2) is 27.3 Å². The summed E-state index contributed by atoms with van der Waals surface area (Å²) in [5.74, 6) is 0.829. The lowest BCUT2D eigenvalue weighted by Crippen LogP contribution is -2.44. The van der Waals surface area contributed by atoms with E-state index in [0.717, 1.165) is 31.5 Å². The maximum absolute atomic E-state index is 12.6. The van der Waals surface area contributed by atoms with Gasteiger partial charge in [-0.05, 0) is 32.3 Å². The molecule has 1 amide bonds. The molecule has 1 atom stereocenters. The number of aryl methyl sites for hydroxylation is 1. The Morgan fingerprint density at radius 3 is 2.65 bits per heavy atom. The Bertz CT molecular complexity index is 490. The maximum atomic E-state index is 12.6. The molecule has 0 aliphatic carbocycles. The first kappa shape index (κ1) is 15.2. The molecule has 1 aromatic rings. The van der Waals surface area contributed by atoms with Gasteiger partial charge in [-0.1, -0.05) is 32.4 Å². The molecule has 110 valence electrons. The summed E-state index contributed by atoms with van der Waals surface area (Å²) in [6, 6.07) is 1.81. The van der Waals surface area contributed by atoms with Gasteiger partial charge in [-0.2, -0.15) is 0 Å². The van der Waals surface area contributed by atoms with Crippen LogP contribution in [0.4, 0.5) is 0 Å². The van der Waals surface area contributed by atoms with Crippen LogP contribution in [0.2, 0.25) is 5.15 Å². The highest BCUT2D eigenvalue weighted by molar-refractivity contribution is 6.29. The van der Waals surface area contributed by atoms with E-state index in [0.29, 0.717) is 11.0 Å². The minimum atomic E-state index is -0.374. The third-order valence-corrected chi connectivity index (χ3v) is 3.77. The van der Waals surface area contributed by atoms with Gasteiger partial charge in [0.1, 0.15) is 11.0 Å². The summed E-state index contributed by atoms with van der Waals surface area (Å²) in [6.07, 6.45) is 3.10. The highest BCUT2D eigenvalue weighted by Crippen LogP contribution is 2.34. The molecule has 1 fully saturated rings. The second-order valence-corrected chi connectivity index (χ2v) is 6.81. The highest BCUT2D eigenvalue weighted by atomic mass is 35.5. The summed E-state index contributed by atoms with van der Waals surface area (Å²) in [7, 11) is 0. The molecule has 4 nitrogen and oxygen atoms in total. The van der Waals surface area contributed by atoms with Gasteiger partial charge in [-0.3, -0.25) is 4.79 Å². The molecule has 0 N–H and O–H groups in total. The van der Waals surface area contributed by atoms with Gasteiger partial charge >= 0.3 is 0 Å². The van der Waals surface area contributed by atoms with Crippen LogP contribution in [0.3, 0.4) is 0 Å². The standard InChI is InChI=1S/C15H22ClN3O/c1-10-17-11(9-13(16)18-10)12-7-5-6-8-19(12)14(20)15(2,3)4/h9,12H,5-8H2,1-4H3. The Kier molecular flexibility index (Phi) is 4.33. The summed E-state index contributed by atoms with van der Waals surface area (Å²) in [4.78, 5) is 23.2. The number of hydrogen-bond donors (Lipinski definition) is 0. The number of amides is 1. The van der Waals surface area contributed by atoms with Crippen molar-refractivity contribution in [3.8, 4) is 0 Å². The number of piperidine rings is 1. The lowest BCUT2D eigenvalue weighted by atomic mass is 9.90. The van der Waals surface area contributed by atoms with Crippen molar-refractivity contribution in [3.05, 3.63) is 22.7 Å². The zero-order valence-electron chi connectivity index (χ0n) is 12.6. The van der Waals surface area contributed by atoms with E-state index in [1.54, 1.807) is 6.07 Å². The first-order valence-corrected chi connectivity index (χ1v) is 7.49. The quantitative estimate of drug-likeness (QED) is 0.745. The average Bonchev–Trinajstić information content (AvgIpc) is 2.35. The molecular weight excluding hydrogens is 274 g/mol. The van der Waals surface area contributed by atoms with Gasteiger partial charge in [-0.15, -0.1) is 0 Å². The van der Waals surface area contributed by atoms with Crippen molar-refractivity contribution in [3.63, 3.8) is 0 Å². The fourth-order valence-electron chi connectivity index (χ4n) is 2.64. The van der Waals surface area contributed by atoms with Crippen LogP contribution in [0.15, 0.2) is 6.07 Å². The number of carbonyl (C=O) groups is 1. The monoisotopic (exact) mass is 295 g/mol.